The lowest BCUT2D eigenvalue weighted by Crippen LogP contribution is -2.20. The molecular formula is C13H18N2O3. The van der Waals surface area contributed by atoms with Crippen LogP contribution in [0.5, 0.6) is 0 Å². The fraction of sp³-hybridized carbons (Fsp3) is 0.538. The van der Waals surface area contributed by atoms with Gasteiger partial charge in [-0.2, -0.15) is 0 Å². The minimum Gasteiger partial charge on any atom is -0.382 e. The van der Waals surface area contributed by atoms with E-state index in [1.807, 2.05) is 6.92 Å². The third-order valence-corrected chi connectivity index (χ3v) is 3.24. The summed E-state index contributed by atoms with van der Waals surface area (Å²) in [6.45, 7) is 3.52. The maximum Gasteiger partial charge on any atom is 0.271 e. The van der Waals surface area contributed by atoms with Gasteiger partial charge in [0.1, 0.15) is 0 Å². The maximum absolute atomic E-state index is 10.8. The second-order valence-electron chi connectivity index (χ2n) is 4.64. The van der Waals surface area contributed by atoms with Crippen LogP contribution in [0.4, 0.5) is 11.4 Å². The van der Waals surface area contributed by atoms with Gasteiger partial charge in [-0.15, -0.1) is 0 Å². The van der Waals surface area contributed by atoms with Crippen LogP contribution < -0.4 is 5.32 Å². The minimum absolute atomic E-state index is 0.132. The molecule has 1 aromatic carbocycles. The minimum atomic E-state index is -0.360. The van der Waals surface area contributed by atoms with Crippen molar-refractivity contribution in [3.05, 3.63) is 33.9 Å². The van der Waals surface area contributed by atoms with Gasteiger partial charge in [-0.1, -0.05) is 6.07 Å². The molecule has 0 aliphatic carbocycles. The van der Waals surface area contributed by atoms with E-state index >= 15 is 0 Å². The van der Waals surface area contributed by atoms with Gasteiger partial charge in [0.05, 0.1) is 4.92 Å². The van der Waals surface area contributed by atoms with Crippen LogP contribution in [0.15, 0.2) is 18.2 Å². The predicted octanol–water partition coefficient (Wildman–Crippen LogP) is 2.88. The number of rotatable bonds is 3. The van der Waals surface area contributed by atoms with Crippen molar-refractivity contribution in [3.8, 4) is 0 Å². The first-order valence-electron chi connectivity index (χ1n) is 6.26. The highest BCUT2D eigenvalue weighted by atomic mass is 16.6. The summed E-state index contributed by atoms with van der Waals surface area (Å²) in [5.41, 5.74) is 2.02. The number of aryl methyl sites for hydroxylation is 1. The van der Waals surface area contributed by atoms with Crippen molar-refractivity contribution < 1.29 is 9.66 Å². The Morgan fingerprint density at radius 3 is 3.00 bits per heavy atom. The molecule has 1 heterocycles. The summed E-state index contributed by atoms with van der Waals surface area (Å²) >= 11 is 0. The molecule has 18 heavy (non-hydrogen) atoms. The van der Waals surface area contributed by atoms with Crippen LogP contribution in [0, 0.1) is 17.0 Å². The number of nitro groups is 1. The zero-order valence-electron chi connectivity index (χ0n) is 10.5. The predicted molar refractivity (Wildman–Crippen MR) is 69.9 cm³/mol. The number of nitro benzene ring substituents is 1. The average Bonchev–Trinajstić information content (AvgIpc) is 2.60. The first kappa shape index (κ1) is 12.8. The Morgan fingerprint density at radius 2 is 2.22 bits per heavy atom. The highest BCUT2D eigenvalue weighted by molar-refractivity contribution is 5.57. The highest BCUT2D eigenvalue weighted by Crippen LogP contribution is 2.24. The molecule has 1 aliphatic rings. The van der Waals surface area contributed by atoms with E-state index < -0.39 is 0 Å². The summed E-state index contributed by atoms with van der Waals surface area (Å²) < 4.78 is 5.41. The number of hydrogen-bond donors (Lipinski definition) is 1. The normalized spacial score (nSPS) is 20.2. The second-order valence-corrected chi connectivity index (χ2v) is 4.64. The van der Waals surface area contributed by atoms with Crippen LogP contribution in [0.25, 0.3) is 0 Å². The molecule has 0 saturated carbocycles. The van der Waals surface area contributed by atoms with Crippen LogP contribution in [-0.4, -0.2) is 24.2 Å². The molecule has 1 fully saturated rings. The summed E-state index contributed by atoms with van der Waals surface area (Å²) in [6, 6.07) is 5.28. The smallest absolute Gasteiger partial charge is 0.271 e. The molecule has 0 amide bonds. The van der Waals surface area contributed by atoms with Crippen molar-refractivity contribution in [2.24, 2.45) is 0 Å². The van der Waals surface area contributed by atoms with E-state index in [0.29, 0.717) is 6.04 Å². The lowest BCUT2D eigenvalue weighted by atomic mass is 10.1. The van der Waals surface area contributed by atoms with E-state index in [9.17, 15) is 10.1 Å². The van der Waals surface area contributed by atoms with Crippen molar-refractivity contribution in [2.75, 3.05) is 18.5 Å². The SMILES string of the molecule is Cc1ccc([N+](=O)[O-])cc1NC1CCCOCC1. The maximum atomic E-state index is 10.8. The molecule has 0 spiro atoms. The molecule has 0 radical (unpaired) electrons. The number of hydrogen-bond acceptors (Lipinski definition) is 4. The molecule has 2 rings (SSSR count). The first-order valence-corrected chi connectivity index (χ1v) is 6.26. The van der Waals surface area contributed by atoms with Crippen molar-refractivity contribution >= 4 is 11.4 Å². The lowest BCUT2D eigenvalue weighted by molar-refractivity contribution is -0.384. The topological polar surface area (TPSA) is 64.4 Å². The molecule has 5 nitrogen and oxygen atoms in total. The van der Waals surface area contributed by atoms with E-state index in [1.54, 1.807) is 12.1 Å². The van der Waals surface area contributed by atoms with Crippen molar-refractivity contribution in [1.29, 1.82) is 0 Å². The summed E-state index contributed by atoms with van der Waals surface area (Å²) in [5, 5.41) is 14.2. The Bertz CT molecular complexity index is 426. The molecule has 98 valence electrons. The standard InChI is InChI=1S/C13H18N2O3/c1-10-4-5-12(15(16)17)9-13(10)14-11-3-2-7-18-8-6-11/h4-5,9,11,14H,2-3,6-8H2,1H3. The highest BCUT2D eigenvalue weighted by Gasteiger charge is 2.15. The number of nitrogens with zero attached hydrogens (tertiary/aromatic N) is 1. The Labute approximate surface area is 106 Å². The molecule has 1 aromatic rings. The molecular weight excluding hydrogens is 232 g/mol. The van der Waals surface area contributed by atoms with E-state index in [0.717, 1.165) is 43.7 Å². The Hall–Kier alpha value is -1.62. The van der Waals surface area contributed by atoms with Gasteiger partial charge in [-0.05, 0) is 31.7 Å². The van der Waals surface area contributed by atoms with Gasteiger partial charge in [-0.25, -0.2) is 0 Å². The van der Waals surface area contributed by atoms with Gasteiger partial charge >= 0.3 is 0 Å². The zero-order valence-corrected chi connectivity index (χ0v) is 10.5. The van der Waals surface area contributed by atoms with Crippen LogP contribution in [0.2, 0.25) is 0 Å². The van der Waals surface area contributed by atoms with Gasteiger partial charge in [0.15, 0.2) is 0 Å². The van der Waals surface area contributed by atoms with Gasteiger partial charge in [0.25, 0.3) is 5.69 Å². The summed E-state index contributed by atoms with van der Waals surface area (Å²) in [7, 11) is 0. The summed E-state index contributed by atoms with van der Waals surface area (Å²) in [6.07, 6.45) is 3.02. The molecule has 0 aromatic heterocycles. The molecule has 1 saturated heterocycles. The second kappa shape index (κ2) is 5.82. The first-order chi connectivity index (χ1) is 8.66. The number of nitrogens with one attached hydrogen (secondary N) is 1. The van der Waals surface area contributed by atoms with Gasteiger partial charge in [0, 0.05) is 37.1 Å². The summed E-state index contributed by atoms with van der Waals surface area (Å²) in [4.78, 5) is 10.4. The number of ether oxygens (including phenoxy) is 1. The van der Waals surface area contributed by atoms with E-state index in [2.05, 4.69) is 5.32 Å². The molecule has 1 aliphatic heterocycles. The van der Waals surface area contributed by atoms with Gasteiger partial charge in [0.2, 0.25) is 0 Å². The zero-order chi connectivity index (χ0) is 13.0. The Morgan fingerprint density at radius 1 is 1.39 bits per heavy atom. The number of anilines is 1. The Kier molecular flexibility index (Phi) is 4.15. The largest absolute Gasteiger partial charge is 0.382 e. The van der Waals surface area contributed by atoms with Gasteiger partial charge in [-0.3, -0.25) is 10.1 Å². The number of benzene rings is 1. The molecule has 1 N–H and O–H groups in total. The van der Waals surface area contributed by atoms with Crippen molar-refractivity contribution in [2.45, 2.75) is 32.2 Å². The fourth-order valence-electron chi connectivity index (χ4n) is 2.15. The van der Waals surface area contributed by atoms with Crippen molar-refractivity contribution in [1.82, 2.24) is 0 Å². The van der Waals surface area contributed by atoms with Crippen LogP contribution >= 0.6 is 0 Å². The average molecular weight is 250 g/mol. The van der Waals surface area contributed by atoms with Gasteiger partial charge < -0.3 is 10.1 Å². The third-order valence-electron chi connectivity index (χ3n) is 3.24. The van der Waals surface area contributed by atoms with Crippen LogP contribution in [0.1, 0.15) is 24.8 Å². The van der Waals surface area contributed by atoms with E-state index in [4.69, 9.17) is 4.74 Å². The molecule has 5 heteroatoms. The van der Waals surface area contributed by atoms with Crippen LogP contribution in [0.3, 0.4) is 0 Å². The van der Waals surface area contributed by atoms with Crippen molar-refractivity contribution in [3.63, 3.8) is 0 Å². The quantitative estimate of drug-likeness (QED) is 0.661. The van der Waals surface area contributed by atoms with E-state index in [-0.39, 0.29) is 10.6 Å². The summed E-state index contributed by atoms with van der Waals surface area (Å²) in [5.74, 6) is 0. The molecule has 1 unspecified atom stereocenters. The number of non-ortho nitro benzene ring substituents is 1. The third kappa shape index (κ3) is 3.20. The fourth-order valence-corrected chi connectivity index (χ4v) is 2.15. The Balaban J connectivity index is 2.11. The van der Waals surface area contributed by atoms with Crippen LogP contribution in [-0.2, 0) is 4.74 Å². The monoisotopic (exact) mass is 250 g/mol. The lowest BCUT2D eigenvalue weighted by Gasteiger charge is -2.18. The molecule has 0 bridgehead atoms. The molecule has 1 atom stereocenters. The van der Waals surface area contributed by atoms with E-state index in [1.165, 1.54) is 6.07 Å².